The van der Waals surface area contributed by atoms with E-state index in [9.17, 15) is 0 Å². The number of nitrogens with zero attached hydrogens (tertiary/aromatic N) is 4. The Morgan fingerprint density at radius 2 is 1.88 bits per heavy atom. The minimum atomic E-state index is 0.557. The molecule has 3 rings (SSSR count). The molecule has 1 aromatic rings. The highest BCUT2D eigenvalue weighted by Gasteiger charge is 2.41. The summed E-state index contributed by atoms with van der Waals surface area (Å²) in [6.07, 6.45) is 8.17. The van der Waals surface area contributed by atoms with Gasteiger partial charge in [-0.2, -0.15) is 0 Å². The van der Waals surface area contributed by atoms with Crippen molar-refractivity contribution in [2.45, 2.75) is 55.4 Å². The molecule has 0 spiro atoms. The van der Waals surface area contributed by atoms with Crippen LogP contribution < -0.4 is 0 Å². The fourth-order valence-electron chi connectivity index (χ4n) is 3.72. The SMILES string of the molecule is Cc1nnnn1[C@@H]1CC[C@@H](I)[C@@H]2CCCC[C@@H]21. The van der Waals surface area contributed by atoms with E-state index in [4.69, 9.17) is 0 Å². The highest BCUT2D eigenvalue weighted by Crippen LogP contribution is 2.48. The Labute approximate surface area is 116 Å². The molecule has 4 atom stereocenters. The molecule has 0 N–H and O–H groups in total. The molecule has 2 saturated carbocycles. The van der Waals surface area contributed by atoms with E-state index in [2.05, 4.69) is 42.8 Å². The van der Waals surface area contributed by atoms with E-state index in [1.807, 2.05) is 6.92 Å². The maximum Gasteiger partial charge on any atom is 0.148 e. The van der Waals surface area contributed by atoms with Crippen molar-refractivity contribution in [1.29, 1.82) is 0 Å². The van der Waals surface area contributed by atoms with Crippen LogP contribution in [-0.2, 0) is 0 Å². The number of hydrogen-bond acceptors (Lipinski definition) is 3. The lowest BCUT2D eigenvalue weighted by atomic mass is 9.68. The third-order valence-electron chi connectivity index (χ3n) is 4.54. The first kappa shape index (κ1) is 11.9. The molecule has 2 aliphatic rings. The van der Waals surface area contributed by atoms with Crippen LogP contribution in [0.5, 0.6) is 0 Å². The van der Waals surface area contributed by atoms with E-state index in [1.54, 1.807) is 0 Å². The molecular formula is C12H19IN4. The quantitative estimate of drug-likeness (QED) is 0.580. The molecular weight excluding hydrogens is 327 g/mol. The Morgan fingerprint density at radius 3 is 2.59 bits per heavy atom. The van der Waals surface area contributed by atoms with Crippen molar-refractivity contribution in [1.82, 2.24) is 20.2 Å². The average Bonchev–Trinajstić information content (AvgIpc) is 2.77. The molecule has 0 unspecified atom stereocenters. The van der Waals surface area contributed by atoms with Crippen LogP contribution in [0.2, 0.25) is 0 Å². The van der Waals surface area contributed by atoms with Gasteiger partial charge in [-0.1, -0.05) is 35.4 Å². The fourth-order valence-corrected chi connectivity index (χ4v) is 4.97. The van der Waals surface area contributed by atoms with Gasteiger partial charge in [-0.25, -0.2) is 4.68 Å². The molecule has 94 valence electrons. The Morgan fingerprint density at radius 1 is 1.12 bits per heavy atom. The zero-order valence-electron chi connectivity index (χ0n) is 10.2. The van der Waals surface area contributed by atoms with E-state index in [0.29, 0.717) is 6.04 Å². The van der Waals surface area contributed by atoms with Gasteiger partial charge in [0.25, 0.3) is 0 Å². The minimum absolute atomic E-state index is 0.557. The maximum atomic E-state index is 4.21. The summed E-state index contributed by atoms with van der Waals surface area (Å²) in [5, 5.41) is 12.1. The normalized spacial score (nSPS) is 37.8. The number of alkyl halides is 1. The van der Waals surface area contributed by atoms with Gasteiger partial charge in [0.15, 0.2) is 0 Å². The maximum absolute atomic E-state index is 4.21. The van der Waals surface area contributed by atoms with Gasteiger partial charge >= 0.3 is 0 Å². The summed E-state index contributed by atoms with van der Waals surface area (Å²) in [6.45, 7) is 2.02. The molecule has 2 aliphatic carbocycles. The van der Waals surface area contributed by atoms with Crippen molar-refractivity contribution >= 4 is 22.6 Å². The third kappa shape index (κ3) is 2.11. The molecule has 2 fully saturated rings. The van der Waals surface area contributed by atoms with Gasteiger partial charge in [0.05, 0.1) is 6.04 Å². The number of fused-ring (bicyclic) bond motifs is 1. The van der Waals surface area contributed by atoms with E-state index >= 15 is 0 Å². The molecule has 0 amide bonds. The number of hydrogen-bond donors (Lipinski definition) is 0. The first-order valence-corrected chi connectivity index (χ1v) is 7.90. The van der Waals surface area contributed by atoms with Crippen LogP contribution in [0.3, 0.4) is 0 Å². The molecule has 0 radical (unpaired) electrons. The molecule has 1 aromatic heterocycles. The van der Waals surface area contributed by atoms with Crippen molar-refractivity contribution in [3.8, 4) is 0 Å². The Hall–Kier alpha value is -0.200. The van der Waals surface area contributed by atoms with Crippen molar-refractivity contribution in [3.05, 3.63) is 5.82 Å². The van der Waals surface area contributed by atoms with E-state index < -0.39 is 0 Å². The second-order valence-electron chi connectivity index (χ2n) is 5.44. The zero-order chi connectivity index (χ0) is 11.8. The molecule has 5 heteroatoms. The summed E-state index contributed by atoms with van der Waals surface area (Å²) >= 11 is 2.67. The molecule has 17 heavy (non-hydrogen) atoms. The lowest BCUT2D eigenvalue weighted by Crippen LogP contribution is -2.39. The molecule has 4 nitrogen and oxygen atoms in total. The van der Waals surface area contributed by atoms with Gasteiger partial charge in [-0.3, -0.25) is 0 Å². The minimum Gasteiger partial charge on any atom is -0.227 e. The monoisotopic (exact) mass is 346 g/mol. The summed E-state index contributed by atoms with van der Waals surface area (Å²) in [4.78, 5) is 0. The molecule has 0 aliphatic heterocycles. The first-order chi connectivity index (χ1) is 8.27. The second-order valence-corrected chi connectivity index (χ2v) is 7.04. The molecule has 1 heterocycles. The van der Waals surface area contributed by atoms with Crippen molar-refractivity contribution in [2.24, 2.45) is 11.8 Å². The van der Waals surface area contributed by atoms with Gasteiger partial charge < -0.3 is 0 Å². The van der Waals surface area contributed by atoms with Gasteiger partial charge in [0.1, 0.15) is 5.82 Å². The number of rotatable bonds is 1. The number of aromatic nitrogens is 4. The van der Waals surface area contributed by atoms with Crippen molar-refractivity contribution in [2.75, 3.05) is 0 Å². The first-order valence-electron chi connectivity index (χ1n) is 6.66. The summed E-state index contributed by atoms with van der Waals surface area (Å²) in [5.74, 6) is 2.68. The smallest absolute Gasteiger partial charge is 0.148 e. The van der Waals surface area contributed by atoms with Crippen LogP contribution in [0, 0.1) is 18.8 Å². The number of halogens is 1. The van der Waals surface area contributed by atoms with Gasteiger partial charge in [-0.05, 0) is 54.9 Å². The van der Waals surface area contributed by atoms with Crippen LogP contribution in [-0.4, -0.2) is 24.1 Å². The number of aryl methyl sites for hydroxylation is 1. The van der Waals surface area contributed by atoms with Gasteiger partial charge in [0.2, 0.25) is 0 Å². The zero-order valence-corrected chi connectivity index (χ0v) is 12.4. The summed E-state index contributed by atoms with van der Waals surface area (Å²) in [7, 11) is 0. The highest BCUT2D eigenvalue weighted by molar-refractivity contribution is 14.1. The Bertz CT molecular complexity index is 392. The topological polar surface area (TPSA) is 43.6 Å². The number of tetrazole rings is 1. The second kappa shape index (κ2) is 4.82. The van der Waals surface area contributed by atoms with E-state index in [0.717, 1.165) is 21.6 Å². The summed E-state index contributed by atoms with van der Waals surface area (Å²) < 4.78 is 2.96. The highest BCUT2D eigenvalue weighted by atomic mass is 127. The largest absolute Gasteiger partial charge is 0.227 e. The standard InChI is InChI=1S/C12H19IN4/c1-8-14-15-16-17(8)12-7-6-11(13)9-4-2-3-5-10(9)12/h9-12H,2-7H2,1H3/t9-,10+,11-,12-/m1/s1. The predicted octanol–water partition coefficient (Wildman–Crippen LogP) is 2.93. The predicted molar refractivity (Wildman–Crippen MR) is 74.1 cm³/mol. The third-order valence-corrected chi connectivity index (χ3v) is 6.09. The van der Waals surface area contributed by atoms with Crippen molar-refractivity contribution < 1.29 is 0 Å². The van der Waals surface area contributed by atoms with Crippen LogP contribution in [0.15, 0.2) is 0 Å². The Balaban J connectivity index is 1.87. The van der Waals surface area contributed by atoms with Gasteiger partial charge in [0, 0.05) is 3.92 Å². The fraction of sp³-hybridized carbons (Fsp3) is 0.917. The van der Waals surface area contributed by atoms with Gasteiger partial charge in [-0.15, -0.1) is 5.10 Å². The van der Waals surface area contributed by atoms with Crippen LogP contribution >= 0.6 is 22.6 Å². The molecule has 0 saturated heterocycles. The Kier molecular flexibility index (Phi) is 3.36. The average molecular weight is 346 g/mol. The van der Waals surface area contributed by atoms with Crippen molar-refractivity contribution in [3.63, 3.8) is 0 Å². The van der Waals surface area contributed by atoms with E-state index in [1.165, 1.54) is 38.5 Å². The van der Waals surface area contributed by atoms with Crippen LogP contribution in [0.25, 0.3) is 0 Å². The lowest BCUT2D eigenvalue weighted by Gasteiger charge is -2.44. The molecule has 0 aromatic carbocycles. The molecule has 0 bridgehead atoms. The summed E-state index contributed by atoms with van der Waals surface area (Å²) in [6, 6.07) is 0.557. The van der Waals surface area contributed by atoms with Crippen LogP contribution in [0.1, 0.15) is 50.4 Å². The summed E-state index contributed by atoms with van der Waals surface area (Å²) in [5.41, 5.74) is 0. The lowest BCUT2D eigenvalue weighted by molar-refractivity contribution is 0.109. The van der Waals surface area contributed by atoms with Crippen LogP contribution in [0.4, 0.5) is 0 Å². The van der Waals surface area contributed by atoms with E-state index in [-0.39, 0.29) is 0 Å².